The zero-order chi connectivity index (χ0) is 11.3. The van der Waals surface area contributed by atoms with Crippen LogP contribution in [0.3, 0.4) is 0 Å². The molecule has 0 heterocycles. The number of hydrogen-bond donors (Lipinski definition) is 1. The monoisotopic (exact) mass is 216 g/mol. The lowest BCUT2D eigenvalue weighted by Crippen LogP contribution is -2.57. The SMILES string of the molecule is COC(CNCC1(N(C)C)CCC1)OC. The first kappa shape index (κ1) is 12.9. The molecule has 0 spiro atoms. The van der Waals surface area contributed by atoms with Gasteiger partial charge in [0.1, 0.15) is 0 Å². The van der Waals surface area contributed by atoms with Gasteiger partial charge in [0.15, 0.2) is 6.29 Å². The van der Waals surface area contributed by atoms with Crippen molar-refractivity contribution in [3.63, 3.8) is 0 Å². The number of likely N-dealkylation sites (N-methyl/N-ethyl adjacent to an activating group) is 1. The zero-order valence-electron chi connectivity index (χ0n) is 10.4. The summed E-state index contributed by atoms with van der Waals surface area (Å²) in [5, 5.41) is 3.42. The predicted octanol–water partition coefficient (Wildman–Crippen LogP) is 0.679. The molecular formula is C11H24N2O2. The van der Waals surface area contributed by atoms with Crippen LogP contribution in [0.15, 0.2) is 0 Å². The quantitative estimate of drug-likeness (QED) is 0.635. The Labute approximate surface area is 92.9 Å². The lowest BCUT2D eigenvalue weighted by atomic mass is 9.75. The first-order valence-corrected chi connectivity index (χ1v) is 5.58. The minimum atomic E-state index is -0.135. The van der Waals surface area contributed by atoms with Gasteiger partial charge in [-0.2, -0.15) is 0 Å². The maximum atomic E-state index is 5.13. The fourth-order valence-corrected chi connectivity index (χ4v) is 2.05. The van der Waals surface area contributed by atoms with Gasteiger partial charge >= 0.3 is 0 Å². The Morgan fingerprint density at radius 2 is 1.87 bits per heavy atom. The first-order chi connectivity index (χ1) is 7.14. The highest BCUT2D eigenvalue weighted by Gasteiger charge is 2.38. The normalized spacial score (nSPS) is 19.6. The van der Waals surface area contributed by atoms with Crippen LogP contribution in [-0.2, 0) is 9.47 Å². The molecule has 15 heavy (non-hydrogen) atoms. The van der Waals surface area contributed by atoms with Gasteiger partial charge in [-0.15, -0.1) is 0 Å². The van der Waals surface area contributed by atoms with E-state index in [9.17, 15) is 0 Å². The largest absolute Gasteiger partial charge is 0.355 e. The summed E-state index contributed by atoms with van der Waals surface area (Å²) >= 11 is 0. The van der Waals surface area contributed by atoms with E-state index in [1.54, 1.807) is 14.2 Å². The van der Waals surface area contributed by atoms with Crippen molar-refractivity contribution in [1.82, 2.24) is 10.2 Å². The molecule has 0 aliphatic heterocycles. The van der Waals surface area contributed by atoms with Crippen molar-refractivity contribution in [2.24, 2.45) is 0 Å². The van der Waals surface area contributed by atoms with Crippen molar-refractivity contribution in [3.05, 3.63) is 0 Å². The van der Waals surface area contributed by atoms with E-state index in [4.69, 9.17) is 9.47 Å². The second-order valence-electron chi connectivity index (χ2n) is 4.50. The highest BCUT2D eigenvalue weighted by Crippen LogP contribution is 2.35. The van der Waals surface area contributed by atoms with E-state index in [1.807, 2.05) is 0 Å². The molecule has 4 nitrogen and oxygen atoms in total. The van der Waals surface area contributed by atoms with Crippen LogP contribution in [-0.4, -0.2) is 58.1 Å². The minimum absolute atomic E-state index is 0.135. The smallest absolute Gasteiger partial charge is 0.169 e. The van der Waals surface area contributed by atoms with Crippen molar-refractivity contribution < 1.29 is 9.47 Å². The molecule has 1 aliphatic rings. The number of nitrogens with zero attached hydrogens (tertiary/aromatic N) is 1. The third-order valence-corrected chi connectivity index (χ3v) is 3.52. The minimum Gasteiger partial charge on any atom is -0.355 e. The van der Waals surface area contributed by atoms with Crippen LogP contribution in [0.2, 0.25) is 0 Å². The topological polar surface area (TPSA) is 33.7 Å². The summed E-state index contributed by atoms with van der Waals surface area (Å²) < 4.78 is 10.3. The van der Waals surface area contributed by atoms with E-state index >= 15 is 0 Å². The van der Waals surface area contributed by atoms with Crippen LogP contribution in [0.5, 0.6) is 0 Å². The van der Waals surface area contributed by atoms with Crippen molar-refractivity contribution >= 4 is 0 Å². The fourth-order valence-electron chi connectivity index (χ4n) is 2.05. The molecule has 1 rings (SSSR count). The molecule has 0 saturated heterocycles. The van der Waals surface area contributed by atoms with Crippen molar-refractivity contribution in [2.75, 3.05) is 41.4 Å². The number of hydrogen-bond acceptors (Lipinski definition) is 4. The van der Waals surface area contributed by atoms with E-state index in [1.165, 1.54) is 19.3 Å². The van der Waals surface area contributed by atoms with Crippen LogP contribution in [0.1, 0.15) is 19.3 Å². The third-order valence-electron chi connectivity index (χ3n) is 3.52. The Hall–Kier alpha value is -0.160. The molecule has 1 saturated carbocycles. The highest BCUT2D eigenvalue weighted by molar-refractivity contribution is 4.97. The van der Waals surface area contributed by atoms with E-state index in [0.29, 0.717) is 5.54 Å². The summed E-state index contributed by atoms with van der Waals surface area (Å²) in [6, 6.07) is 0. The van der Waals surface area contributed by atoms with Gasteiger partial charge in [0, 0.05) is 32.8 Å². The molecule has 1 fully saturated rings. The number of methoxy groups -OCH3 is 2. The number of ether oxygens (including phenoxy) is 2. The maximum Gasteiger partial charge on any atom is 0.169 e. The molecule has 0 bridgehead atoms. The average molecular weight is 216 g/mol. The average Bonchev–Trinajstić information content (AvgIpc) is 2.15. The summed E-state index contributed by atoms with van der Waals surface area (Å²) in [6.07, 6.45) is 3.79. The predicted molar refractivity (Wildman–Crippen MR) is 60.9 cm³/mol. The molecule has 0 atom stereocenters. The molecule has 0 aromatic rings. The summed E-state index contributed by atoms with van der Waals surface area (Å²) in [5.74, 6) is 0. The van der Waals surface area contributed by atoms with Crippen LogP contribution in [0, 0.1) is 0 Å². The van der Waals surface area contributed by atoms with E-state index in [-0.39, 0.29) is 6.29 Å². The number of nitrogens with one attached hydrogen (secondary N) is 1. The van der Waals surface area contributed by atoms with Crippen molar-refractivity contribution in [1.29, 1.82) is 0 Å². The molecular weight excluding hydrogens is 192 g/mol. The summed E-state index contributed by atoms with van der Waals surface area (Å²) in [5.41, 5.74) is 0.367. The second-order valence-corrected chi connectivity index (χ2v) is 4.50. The Morgan fingerprint density at radius 1 is 1.27 bits per heavy atom. The number of rotatable bonds is 7. The summed E-state index contributed by atoms with van der Waals surface area (Å²) in [6.45, 7) is 1.77. The Bertz CT molecular complexity index is 177. The molecule has 4 heteroatoms. The Morgan fingerprint density at radius 3 is 2.20 bits per heavy atom. The zero-order valence-corrected chi connectivity index (χ0v) is 10.4. The molecule has 0 aromatic heterocycles. The van der Waals surface area contributed by atoms with Crippen LogP contribution in [0.4, 0.5) is 0 Å². The molecule has 1 N–H and O–H groups in total. The third kappa shape index (κ3) is 3.14. The summed E-state index contributed by atoms with van der Waals surface area (Å²) in [7, 11) is 7.65. The highest BCUT2D eigenvalue weighted by atomic mass is 16.7. The molecule has 90 valence electrons. The van der Waals surface area contributed by atoms with Crippen LogP contribution >= 0.6 is 0 Å². The molecule has 0 amide bonds. The summed E-state index contributed by atoms with van der Waals surface area (Å²) in [4.78, 5) is 2.33. The van der Waals surface area contributed by atoms with Gasteiger partial charge in [-0.05, 0) is 33.4 Å². The van der Waals surface area contributed by atoms with Crippen molar-refractivity contribution in [3.8, 4) is 0 Å². The second kappa shape index (κ2) is 5.80. The van der Waals surface area contributed by atoms with Gasteiger partial charge in [-0.3, -0.25) is 0 Å². The Balaban J connectivity index is 2.23. The van der Waals surface area contributed by atoms with Gasteiger partial charge in [-0.25, -0.2) is 0 Å². The van der Waals surface area contributed by atoms with Crippen LogP contribution < -0.4 is 5.32 Å². The van der Waals surface area contributed by atoms with E-state index in [2.05, 4.69) is 24.3 Å². The van der Waals surface area contributed by atoms with E-state index in [0.717, 1.165) is 13.1 Å². The maximum absolute atomic E-state index is 5.13. The van der Waals surface area contributed by atoms with Crippen molar-refractivity contribution in [2.45, 2.75) is 31.1 Å². The Kier molecular flexibility index (Phi) is 4.99. The lowest BCUT2D eigenvalue weighted by Gasteiger charge is -2.47. The van der Waals surface area contributed by atoms with Gasteiger partial charge < -0.3 is 19.7 Å². The van der Waals surface area contributed by atoms with E-state index < -0.39 is 0 Å². The molecule has 0 radical (unpaired) electrons. The van der Waals surface area contributed by atoms with Gasteiger partial charge in [-0.1, -0.05) is 0 Å². The lowest BCUT2D eigenvalue weighted by molar-refractivity contribution is -0.100. The fraction of sp³-hybridized carbons (Fsp3) is 1.00. The molecule has 0 aromatic carbocycles. The first-order valence-electron chi connectivity index (χ1n) is 5.58. The molecule has 1 aliphatic carbocycles. The standard InChI is InChI=1S/C11H24N2O2/c1-13(2)11(6-5-7-11)9-12-8-10(14-3)15-4/h10,12H,5-9H2,1-4H3. The van der Waals surface area contributed by atoms with Crippen LogP contribution in [0.25, 0.3) is 0 Å². The molecule has 0 unspecified atom stereocenters. The van der Waals surface area contributed by atoms with Gasteiger partial charge in [0.25, 0.3) is 0 Å². The van der Waals surface area contributed by atoms with Gasteiger partial charge in [0.05, 0.1) is 0 Å². The van der Waals surface area contributed by atoms with Gasteiger partial charge in [0.2, 0.25) is 0 Å².